The molecule has 0 amide bonds. The fourth-order valence-corrected chi connectivity index (χ4v) is 3.47. The highest BCUT2D eigenvalue weighted by Gasteiger charge is 2.33. The molecular weight excluding hydrogens is 308 g/mol. The lowest BCUT2D eigenvalue weighted by molar-refractivity contribution is 0.0962. The summed E-state index contributed by atoms with van der Waals surface area (Å²) in [4.78, 5) is 12.9. The first-order valence-electron chi connectivity index (χ1n) is 8.44. The number of rotatable bonds is 5. The summed E-state index contributed by atoms with van der Waals surface area (Å²) in [7, 11) is 0. The second kappa shape index (κ2) is 6.94. The van der Waals surface area contributed by atoms with E-state index >= 15 is 0 Å². The van der Waals surface area contributed by atoms with Crippen molar-refractivity contribution in [1.29, 1.82) is 0 Å². The van der Waals surface area contributed by atoms with Crippen LogP contribution in [0.4, 0.5) is 0 Å². The Labute approximate surface area is 148 Å². The summed E-state index contributed by atoms with van der Waals surface area (Å²) in [6.07, 6.45) is 0.368. The van der Waals surface area contributed by atoms with E-state index in [0.717, 1.165) is 22.3 Å². The molecule has 0 spiro atoms. The summed E-state index contributed by atoms with van der Waals surface area (Å²) in [5.41, 5.74) is 3.38. The number of ketones is 1. The zero-order chi connectivity index (χ0) is 17.9. The maximum absolute atomic E-state index is 12.9. The molecule has 3 aromatic rings. The van der Waals surface area contributed by atoms with Gasteiger partial charge in [-0.05, 0) is 35.7 Å². The van der Waals surface area contributed by atoms with Gasteiger partial charge in [-0.15, -0.1) is 0 Å². The molecule has 3 rings (SSSR count). The van der Waals surface area contributed by atoms with E-state index in [-0.39, 0.29) is 11.5 Å². The summed E-state index contributed by atoms with van der Waals surface area (Å²) in [6, 6.07) is 24.9. The summed E-state index contributed by atoms with van der Waals surface area (Å²) in [5.74, 6) is 0.352. The first-order chi connectivity index (χ1) is 12.0. The summed E-state index contributed by atoms with van der Waals surface area (Å²) in [6.45, 7) is 4.08. The molecule has 126 valence electrons. The largest absolute Gasteiger partial charge is 0.508 e. The number of phenolic OH excluding ortho intramolecular Hbond substituents is 1. The summed E-state index contributed by atoms with van der Waals surface area (Å²) in [5, 5.41) is 9.77. The predicted octanol–water partition coefficient (Wildman–Crippen LogP) is 5.28. The number of benzene rings is 3. The van der Waals surface area contributed by atoms with Gasteiger partial charge in [0.05, 0.1) is 0 Å². The van der Waals surface area contributed by atoms with Gasteiger partial charge in [-0.25, -0.2) is 0 Å². The Morgan fingerprint density at radius 3 is 2.12 bits per heavy atom. The van der Waals surface area contributed by atoms with Crippen LogP contribution in [0, 0.1) is 6.92 Å². The third-order valence-corrected chi connectivity index (χ3v) is 4.83. The summed E-state index contributed by atoms with van der Waals surface area (Å²) < 4.78 is 0. The molecule has 0 radical (unpaired) electrons. The Hall–Kier alpha value is -2.87. The molecule has 0 fully saturated rings. The maximum atomic E-state index is 12.9. The first-order valence-corrected chi connectivity index (χ1v) is 8.44. The van der Waals surface area contributed by atoms with E-state index < -0.39 is 5.41 Å². The fourth-order valence-electron chi connectivity index (χ4n) is 3.47. The minimum absolute atomic E-state index is 0.111. The first kappa shape index (κ1) is 17.0. The van der Waals surface area contributed by atoms with Crippen LogP contribution in [0.3, 0.4) is 0 Å². The lowest BCUT2D eigenvalue weighted by atomic mass is 9.70. The van der Waals surface area contributed by atoms with Gasteiger partial charge in [-0.1, -0.05) is 73.7 Å². The number of aryl methyl sites for hydroxylation is 1. The van der Waals surface area contributed by atoms with Crippen molar-refractivity contribution in [3.8, 4) is 5.75 Å². The number of carbonyl (C=O) groups excluding carboxylic acids is 1. The van der Waals surface area contributed by atoms with Crippen LogP contribution < -0.4 is 0 Å². The highest BCUT2D eigenvalue weighted by molar-refractivity contribution is 5.97. The number of phenols is 1. The van der Waals surface area contributed by atoms with Crippen molar-refractivity contribution in [3.63, 3.8) is 0 Å². The SMILES string of the molecule is Cc1cc(O)ccc1C(C)(CC(=O)c1ccccc1)c1ccccc1. The third-order valence-electron chi connectivity index (χ3n) is 4.83. The molecule has 1 atom stereocenters. The minimum Gasteiger partial charge on any atom is -0.508 e. The molecule has 1 unspecified atom stereocenters. The van der Waals surface area contributed by atoms with Crippen molar-refractivity contribution >= 4 is 5.78 Å². The molecule has 0 saturated heterocycles. The van der Waals surface area contributed by atoms with Gasteiger partial charge in [0.25, 0.3) is 0 Å². The molecule has 0 aromatic heterocycles. The monoisotopic (exact) mass is 330 g/mol. The van der Waals surface area contributed by atoms with Crippen molar-refractivity contribution in [2.75, 3.05) is 0 Å². The van der Waals surface area contributed by atoms with Gasteiger partial charge in [0.2, 0.25) is 0 Å². The van der Waals surface area contributed by atoms with Crippen LogP contribution in [0.1, 0.15) is 40.4 Å². The molecule has 1 N–H and O–H groups in total. The predicted molar refractivity (Wildman–Crippen MR) is 101 cm³/mol. The lowest BCUT2D eigenvalue weighted by Gasteiger charge is -2.32. The molecule has 0 aliphatic rings. The molecule has 0 aliphatic heterocycles. The van der Waals surface area contributed by atoms with Crippen molar-refractivity contribution in [2.45, 2.75) is 25.7 Å². The average molecular weight is 330 g/mol. The molecule has 2 nitrogen and oxygen atoms in total. The Morgan fingerprint density at radius 2 is 1.52 bits per heavy atom. The van der Waals surface area contributed by atoms with Gasteiger partial charge in [0.1, 0.15) is 5.75 Å². The van der Waals surface area contributed by atoms with Gasteiger partial charge < -0.3 is 5.11 Å². The molecule has 25 heavy (non-hydrogen) atoms. The molecule has 0 heterocycles. The van der Waals surface area contributed by atoms with Gasteiger partial charge in [-0.2, -0.15) is 0 Å². The van der Waals surface area contributed by atoms with Gasteiger partial charge in [0, 0.05) is 17.4 Å². The van der Waals surface area contributed by atoms with Crippen LogP contribution in [0.2, 0.25) is 0 Å². The van der Waals surface area contributed by atoms with E-state index in [1.807, 2.05) is 61.5 Å². The average Bonchev–Trinajstić information content (AvgIpc) is 2.63. The van der Waals surface area contributed by atoms with Crippen molar-refractivity contribution in [3.05, 3.63) is 101 Å². The highest BCUT2D eigenvalue weighted by atomic mass is 16.3. The van der Waals surface area contributed by atoms with E-state index in [9.17, 15) is 9.90 Å². The second-order valence-electron chi connectivity index (χ2n) is 6.66. The van der Waals surface area contributed by atoms with Crippen LogP contribution in [0.25, 0.3) is 0 Å². The van der Waals surface area contributed by atoms with E-state index in [0.29, 0.717) is 6.42 Å². The Bertz CT molecular complexity index is 869. The van der Waals surface area contributed by atoms with Crippen molar-refractivity contribution < 1.29 is 9.90 Å². The van der Waals surface area contributed by atoms with E-state index in [2.05, 4.69) is 19.1 Å². The van der Waals surface area contributed by atoms with Gasteiger partial charge >= 0.3 is 0 Å². The Balaban J connectivity index is 2.08. The normalized spacial score (nSPS) is 13.2. The molecule has 0 bridgehead atoms. The van der Waals surface area contributed by atoms with Gasteiger partial charge in [-0.3, -0.25) is 4.79 Å². The minimum atomic E-state index is -0.466. The number of aromatic hydroxyl groups is 1. The Morgan fingerprint density at radius 1 is 0.920 bits per heavy atom. The molecule has 2 heteroatoms. The fraction of sp³-hybridized carbons (Fsp3) is 0.174. The van der Waals surface area contributed by atoms with E-state index in [1.165, 1.54) is 0 Å². The smallest absolute Gasteiger partial charge is 0.164 e. The molecule has 0 aliphatic carbocycles. The maximum Gasteiger partial charge on any atom is 0.164 e. The van der Waals surface area contributed by atoms with Crippen LogP contribution >= 0.6 is 0 Å². The van der Waals surface area contributed by atoms with Crippen LogP contribution in [-0.4, -0.2) is 10.9 Å². The van der Waals surface area contributed by atoms with Gasteiger partial charge in [0.15, 0.2) is 5.78 Å². The molecule has 0 saturated carbocycles. The topological polar surface area (TPSA) is 37.3 Å². The van der Waals surface area contributed by atoms with E-state index in [4.69, 9.17) is 0 Å². The number of Topliss-reactive ketones (excluding diaryl/α,β-unsaturated/α-hetero) is 1. The summed E-state index contributed by atoms with van der Waals surface area (Å²) >= 11 is 0. The van der Waals surface area contributed by atoms with Crippen molar-refractivity contribution in [2.24, 2.45) is 0 Å². The molecular formula is C23H22O2. The standard InChI is InChI=1S/C23H22O2/c1-17-15-20(24)13-14-21(17)23(2,19-11-7-4-8-12-19)16-22(25)18-9-5-3-6-10-18/h3-15,24H,16H2,1-2H3. The van der Waals surface area contributed by atoms with Crippen LogP contribution in [0.15, 0.2) is 78.9 Å². The van der Waals surface area contributed by atoms with Crippen LogP contribution in [-0.2, 0) is 5.41 Å². The zero-order valence-electron chi connectivity index (χ0n) is 14.6. The number of hydrogen-bond donors (Lipinski definition) is 1. The third kappa shape index (κ3) is 3.48. The Kier molecular flexibility index (Phi) is 4.71. The second-order valence-corrected chi connectivity index (χ2v) is 6.66. The van der Waals surface area contributed by atoms with E-state index in [1.54, 1.807) is 12.1 Å². The highest BCUT2D eigenvalue weighted by Crippen LogP contribution is 2.39. The lowest BCUT2D eigenvalue weighted by Crippen LogP contribution is -2.28. The zero-order valence-corrected chi connectivity index (χ0v) is 14.6. The van der Waals surface area contributed by atoms with Crippen molar-refractivity contribution in [1.82, 2.24) is 0 Å². The molecule has 3 aromatic carbocycles. The number of carbonyl (C=O) groups is 1. The number of hydrogen-bond acceptors (Lipinski definition) is 2. The quantitative estimate of drug-likeness (QED) is 0.646. The van der Waals surface area contributed by atoms with Crippen LogP contribution in [0.5, 0.6) is 5.75 Å².